The average Bonchev–Trinajstić information content (AvgIpc) is 3.15. The van der Waals surface area contributed by atoms with Crippen LogP contribution < -0.4 is 15.4 Å². The van der Waals surface area contributed by atoms with E-state index in [1.807, 2.05) is 30.3 Å². The van der Waals surface area contributed by atoms with E-state index in [-0.39, 0.29) is 18.1 Å². The lowest BCUT2D eigenvalue weighted by atomic mass is 10.3. The number of hydrogen-bond acceptors (Lipinski definition) is 6. The van der Waals surface area contributed by atoms with E-state index in [1.165, 1.54) is 12.1 Å². The molecule has 3 rings (SSSR count). The number of para-hydroxylation sites is 2. The highest BCUT2D eigenvalue weighted by Gasteiger charge is 2.17. The number of amides is 3. The second-order valence-electron chi connectivity index (χ2n) is 5.99. The summed E-state index contributed by atoms with van der Waals surface area (Å²) in [6, 6.07) is 14.8. The maximum atomic E-state index is 13.8. The van der Waals surface area contributed by atoms with Gasteiger partial charge in [-0.25, -0.2) is 9.18 Å². The van der Waals surface area contributed by atoms with Gasteiger partial charge in [-0.1, -0.05) is 42.1 Å². The highest BCUT2D eigenvalue weighted by atomic mass is 32.2. The fourth-order valence-corrected chi connectivity index (χ4v) is 3.30. The van der Waals surface area contributed by atoms with E-state index in [4.69, 9.17) is 4.74 Å². The molecule has 0 spiro atoms. The Kier molecular flexibility index (Phi) is 7.39. The summed E-state index contributed by atoms with van der Waals surface area (Å²) in [6.07, 6.45) is 0. The van der Waals surface area contributed by atoms with Crippen LogP contribution in [0.4, 0.5) is 9.18 Å². The molecule has 0 aliphatic heterocycles. The van der Waals surface area contributed by atoms with Crippen molar-refractivity contribution in [1.29, 1.82) is 0 Å². The van der Waals surface area contributed by atoms with Gasteiger partial charge in [0.25, 0.3) is 0 Å². The van der Waals surface area contributed by atoms with Crippen LogP contribution in [0.1, 0.15) is 12.7 Å². The number of urea groups is 1. The highest BCUT2D eigenvalue weighted by Crippen LogP contribution is 2.23. The summed E-state index contributed by atoms with van der Waals surface area (Å²) in [6.45, 7) is 2.15. The zero-order chi connectivity index (χ0) is 21.3. The molecule has 10 heteroatoms. The fraction of sp³-hybridized carbons (Fsp3) is 0.200. The third kappa shape index (κ3) is 5.57. The van der Waals surface area contributed by atoms with Crippen molar-refractivity contribution >= 4 is 23.7 Å². The van der Waals surface area contributed by atoms with Crippen molar-refractivity contribution < 1.29 is 18.7 Å². The number of carbonyl (C=O) groups is 2. The number of nitrogens with one attached hydrogen (secondary N) is 2. The van der Waals surface area contributed by atoms with Gasteiger partial charge in [-0.2, -0.15) is 0 Å². The Labute approximate surface area is 176 Å². The van der Waals surface area contributed by atoms with Crippen LogP contribution in [-0.2, 0) is 11.4 Å². The number of carbonyl (C=O) groups excluding carboxylic acids is 2. The summed E-state index contributed by atoms with van der Waals surface area (Å²) in [5.74, 6) is -0.416. The number of hydrogen-bond donors (Lipinski definition) is 2. The molecule has 0 atom stereocenters. The van der Waals surface area contributed by atoms with Gasteiger partial charge in [-0.15, -0.1) is 10.2 Å². The van der Waals surface area contributed by atoms with E-state index < -0.39 is 17.8 Å². The molecule has 0 unspecified atom stereocenters. The predicted octanol–water partition coefficient (Wildman–Crippen LogP) is 2.92. The molecule has 1 heterocycles. The smallest absolute Gasteiger partial charge is 0.321 e. The maximum Gasteiger partial charge on any atom is 0.321 e. The molecular weight excluding hydrogens is 409 g/mol. The molecule has 0 saturated carbocycles. The van der Waals surface area contributed by atoms with Crippen molar-refractivity contribution in [3.8, 4) is 11.4 Å². The molecular formula is C20H20FN5O3S. The number of ether oxygens (including phenoxy) is 1. The van der Waals surface area contributed by atoms with Crippen LogP contribution in [0.15, 0.2) is 59.8 Å². The summed E-state index contributed by atoms with van der Waals surface area (Å²) in [5.41, 5.74) is 0.765. The first kappa shape index (κ1) is 21.3. The fourth-order valence-electron chi connectivity index (χ4n) is 2.53. The van der Waals surface area contributed by atoms with E-state index in [0.717, 1.165) is 17.4 Å². The normalized spacial score (nSPS) is 10.5. The number of nitrogens with zero attached hydrogens (tertiary/aromatic N) is 3. The number of rotatable bonds is 8. The van der Waals surface area contributed by atoms with E-state index in [9.17, 15) is 14.0 Å². The van der Waals surface area contributed by atoms with Crippen molar-refractivity contribution in [1.82, 2.24) is 25.4 Å². The number of aromatic nitrogens is 3. The Hall–Kier alpha value is -3.40. The molecule has 0 saturated heterocycles. The van der Waals surface area contributed by atoms with Crippen molar-refractivity contribution in [2.24, 2.45) is 0 Å². The summed E-state index contributed by atoms with van der Waals surface area (Å²) in [5, 5.41) is 13.4. The highest BCUT2D eigenvalue weighted by molar-refractivity contribution is 7.99. The largest absolute Gasteiger partial charge is 0.483 e. The minimum Gasteiger partial charge on any atom is -0.483 e. The molecule has 156 valence electrons. The second kappa shape index (κ2) is 10.4. The second-order valence-corrected chi connectivity index (χ2v) is 6.93. The third-order valence-electron chi connectivity index (χ3n) is 3.83. The minimum absolute atomic E-state index is 0.0194. The molecule has 0 radical (unpaired) electrons. The van der Waals surface area contributed by atoms with Gasteiger partial charge < -0.3 is 10.1 Å². The average molecular weight is 429 g/mol. The summed E-state index contributed by atoms with van der Waals surface area (Å²) >= 11 is 1.12. The van der Waals surface area contributed by atoms with Gasteiger partial charge in [0.15, 0.2) is 22.5 Å². The van der Waals surface area contributed by atoms with Crippen LogP contribution in [-0.4, -0.2) is 39.0 Å². The van der Waals surface area contributed by atoms with Crippen LogP contribution in [0, 0.1) is 5.82 Å². The molecule has 30 heavy (non-hydrogen) atoms. The molecule has 8 nitrogen and oxygen atoms in total. The molecule has 2 aromatic carbocycles. The molecule has 3 aromatic rings. The van der Waals surface area contributed by atoms with Gasteiger partial charge in [-0.05, 0) is 31.2 Å². The van der Waals surface area contributed by atoms with Gasteiger partial charge in [0, 0.05) is 12.2 Å². The number of halogens is 1. The lowest BCUT2D eigenvalue weighted by Crippen LogP contribution is -2.40. The molecule has 0 fully saturated rings. The van der Waals surface area contributed by atoms with E-state index in [2.05, 4.69) is 20.8 Å². The van der Waals surface area contributed by atoms with Crippen LogP contribution in [0.3, 0.4) is 0 Å². The van der Waals surface area contributed by atoms with Gasteiger partial charge in [-0.3, -0.25) is 14.7 Å². The van der Waals surface area contributed by atoms with Gasteiger partial charge in [0.1, 0.15) is 6.61 Å². The molecule has 0 aliphatic rings. The molecule has 0 aliphatic carbocycles. The van der Waals surface area contributed by atoms with Gasteiger partial charge >= 0.3 is 6.03 Å². The zero-order valence-electron chi connectivity index (χ0n) is 16.2. The lowest BCUT2D eigenvalue weighted by molar-refractivity contribution is -0.117. The summed E-state index contributed by atoms with van der Waals surface area (Å²) < 4.78 is 21.1. The predicted molar refractivity (Wildman–Crippen MR) is 110 cm³/mol. The van der Waals surface area contributed by atoms with Gasteiger partial charge in [0.05, 0.1) is 5.75 Å². The van der Waals surface area contributed by atoms with Crippen LogP contribution >= 0.6 is 11.8 Å². The van der Waals surface area contributed by atoms with Crippen molar-refractivity contribution in [3.05, 3.63) is 66.2 Å². The van der Waals surface area contributed by atoms with Gasteiger partial charge in [0.2, 0.25) is 5.91 Å². The van der Waals surface area contributed by atoms with Crippen LogP contribution in [0.5, 0.6) is 5.75 Å². The molecule has 1 aromatic heterocycles. The molecule has 2 N–H and O–H groups in total. The SMILES string of the molecule is CCNC(=O)NC(=O)CSc1nnc(COc2ccccc2F)n1-c1ccccc1. The maximum absolute atomic E-state index is 13.8. The number of benzene rings is 2. The topological polar surface area (TPSA) is 98.1 Å². The monoisotopic (exact) mass is 429 g/mol. The van der Waals surface area contributed by atoms with E-state index >= 15 is 0 Å². The third-order valence-corrected chi connectivity index (χ3v) is 4.76. The molecule has 0 bridgehead atoms. The van der Waals surface area contributed by atoms with Crippen LogP contribution in [0.2, 0.25) is 0 Å². The van der Waals surface area contributed by atoms with Crippen LogP contribution in [0.25, 0.3) is 5.69 Å². The first-order valence-corrected chi connectivity index (χ1v) is 10.1. The van der Waals surface area contributed by atoms with Crippen molar-refractivity contribution in [2.45, 2.75) is 18.7 Å². The minimum atomic E-state index is -0.549. The Morgan fingerprint density at radius 3 is 2.57 bits per heavy atom. The Balaban J connectivity index is 1.76. The van der Waals surface area contributed by atoms with E-state index in [1.54, 1.807) is 23.6 Å². The number of thioether (sulfide) groups is 1. The lowest BCUT2D eigenvalue weighted by Gasteiger charge is -2.11. The summed E-state index contributed by atoms with van der Waals surface area (Å²) in [4.78, 5) is 23.5. The first-order chi connectivity index (χ1) is 14.6. The quantitative estimate of drug-likeness (QED) is 0.535. The molecule has 3 amide bonds. The van der Waals surface area contributed by atoms with Crippen molar-refractivity contribution in [2.75, 3.05) is 12.3 Å². The van der Waals surface area contributed by atoms with E-state index in [0.29, 0.717) is 17.5 Å². The Morgan fingerprint density at radius 2 is 1.83 bits per heavy atom. The first-order valence-electron chi connectivity index (χ1n) is 9.16. The summed E-state index contributed by atoms with van der Waals surface area (Å²) in [7, 11) is 0. The number of imide groups is 1. The Bertz CT molecular complexity index is 1010. The zero-order valence-corrected chi connectivity index (χ0v) is 17.0. The Morgan fingerprint density at radius 1 is 1.10 bits per heavy atom. The standard InChI is InChI=1S/C20H20FN5O3S/c1-2-22-19(28)23-18(27)13-30-20-25-24-17(26(20)14-8-4-3-5-9-14)12-29-16-11-7-6-10-15(16)21/h3-11H,2,12-13H2,1H3,(H2,22,23,27,28). The van der Waals surface area contributed by atoms with Crippen molar-refractivity contribution in [3.63, 3.8) is 0 Å².